The van der Waals surface area contributed by atoms with Crippen molar-refractivity contribution in [3.8, 4) is 0 Å². The van der Waals surface area contributed by atoms with Crippen molar-refractivity contribution in [1.82, 2.24) is 0 Å². The topological polar surface area (TPSA) is 66.4 Å². The van der Waals surface area contributed by atoms with Gasteiger partial charge in [0.05, 0.1) is 16.3 Å². The molecule has 18 heavy (non-hydrogen) atoms. The minimum atomic E-state index is -1.06. The van der Waals surface area contributed by atoms with Gasteiger partial charge in [-0.1, -0.05) is 24.6 Å². The molecule has 5 heteroatoms. The highest BCUT2D eigenvalue weighted by molar-refractivity contribution is 6.34. The molecule has 0 atom stereocenters. The minimum absolute atomic E-state index is 0.0822. The number of benzene rings is 1. The van der Waals surface area contributed by atoms with Gasteiger partial charge in [0, 0.05) is 5.57 Å². The second-order valence-electron chi connectivity index (χ2n) is 3.75. The molecule has 0 aliphatic heterocycles. The van der Waals surface area contributed by atoms with Crippen molar-refractivity contribution >= 4 is 29.2 Å². The molecule has 0 fully saturated rings. The average Bonchev–Trinajstić information content (AvgIpc) is 2.31. The smallest absolute Gasteiger partial charge is 0.335 e. The van der Waals surface area contributed by atoms with Crippen LogP contribution < -0.4 is 5.32 Å². The zero-order valence-corrected chi connectivity index (χ0v) is 10.9. The summed E-state index contributed by atoms with van der Waals surface area (Å²) >= 11 is 5.90. The van der Waals surface area contributed by atoms with E-state index in [4.69, 9.17) is 16.7 Å². The van der Waals surface area contributed by atoms with Gasteiger partial charge >= 0.3 is 5.97 Å². The summed E-state index contributed by atoms with van der Waals surface area (Å²) in [6, 6.07) is 4.17. The highest BCUT2D eigenvalue weighted by atomic mass is 35.5. The lowest BCUT2D eigenvalue weighted by Gasteiger charge is -2.08. The number of allylic oxidation sites excluding steroid dienone is 1. The summed E-state index contributed by atoms with van der Waals surface area (Å²) in [6.07, 6.45) is 2.57. The molecule has 0 saturated carbocycles. The van der Waals surface area contributed by atoms with Crippen molar-refractivity contribution in [2.75, 3.05) is 5.32 Å². The molecule has 1 aromatic rings. The maximum Gasteiger partial charge on any atom is 0.335 e. The fourth-order valence-corrected chi connectivity index (χ4v) is 1.60. The van der Waals surface area contributed by atoms with Crippen molar-refractivity contribution in [1.29, 1.82) is 0 Å². The van der Waals surface area contributed by atoms with E-state index in [1.807, 2.05) is 6.92 Å². The van der Waals surface area contributed by atoms with Crippen LogP contribution in [0.15, 0.2) is 29.8 Å². The van der Waals surface area contributed by atoms with Crippen LogP contribution in [0.5, 0.6) is 0 Å². The molecule has 4 nitrogen and oxygen atoms in total. The Morgan fingerprint density at radius 1 is 1.44 bits per heavy atom. The van der Waals surface area contributed by atoms with Gasteiger partial charge in [-0.3, -0.25) is 4.79 Å². The van der Waals surface area contributed by atoms with Gasteiger partial charge in [0.15, 0.2) is 0 Å². The van der Waals surface area contributed by atoms with Gasteiger partial charge < -0.3 is 10.4 Å². The Bertz CT molecular complexity index is 509. The van der Waals surface area contributed by atoms with Gasteiger partial charge in [-0.2, -0.15) is 0 Å². The zero-order valence-electron chi connectivity index (χ0n) is 10.2. The Labute approximate surface area is 110 Å². The molecule has 0 bridgehead atoms. The van der Waals surface area contributed by atoms with Crippen LogP contribution in [-0.2, 0) is 4.79 Å². The largest absolute Gasteiger partial charge is 0.478 e. The number of anilines is 1. The molecular weight excluding hydrogens is 254 g/mol. The molecular formula is C13H14ClNO3. The number of halogens is 1. The van der Waals surface area contributed by atoms with E-state index in [1.165, 1.54) is 18.2 Å². The third-order valence-corrected chi connectivity index (χ3v) is 2.65. The highest BCUT2D eigenvalue weighted by Gasteiger charge is 2.10. The van der Waals surface area contributed by atoms with Gasteiger partial charge in [0.1, 0.15) is 0 Å². The minimum Gasteiger partial charge on any atom is -0.478 e. The van der Waals surface area contributed by atoms with Crippen molar-refractivity contribution in [3.63, 3.8) is 0 Å². The van der Waals surface area contributed by atoms with Gasteiger partial charge in [0.2, 0.25) is 0 Å². The van der Waals surface area contributed by atoms with Crippen molar-refractivity contribution in [2.45, 2.75) is 20.3 Å². The number of nitrogens with one attached hydrogen (secondary N) is 1. The number of carbonyl (C=O) groups excluding carboxylic acids is 1. The van der Waals surface area contributed by atoms with Crippen LogP contribution >= 0.6 is 11.6 Å². The second kappa shape index (κ2) is 6.21. The lowest BCUT2D eigenvalue weighted by atomic mass is 10.2. The Morgan fingerprint density at radius 3 is 2.61 bits per heavy atom. The molecule has 0 aliphatic rings. The van der Waals surface area contributed by atoms with Crippen LogP contribution in [0.1, 0.15) is 30.6 Å². The Morgan fingerprint density at radius 2 is 2.11 bits per heavy atom. The lowest BCUT2D eigenvalue weighted by Crippen LogP contribution is -2.13. The van der Waals surface area contributed by atoms with E-state index in [1.54, 1.807) is 13.0 Å². The number of amides is 1. The number of carboxylic acids is 1. The SMILES string of the molecule is CCC=C(C)C(=O)Nc1ccc(C(=O)O)cc1Cl. The number of carboxylic acid groups (broad SMARTS) is 1. The Balaban J connectivity index is 2.89. The van der Waals surface area contributed by atoms with E-state index in [0.29, 0.717) is 11.3 Å². The summed E-state index contributed by atoms with van der Waals surface area (Å²) in [5.41, 5.74) is 1.07. The van der Waals surface area contributed by atoms with Crippen molar-refractivity contribution in [3.05, 3.63) is 40.4 Å². The van der Waals surface area contributed by atoms with Crippen LogP contribution in [0.3, 0.4) is 0 Å². The monoisotopic (exact) mass is 267 g/mol. The zero-order chi connectivity index (χ0) is 13.7. The molecule has 0 saturated heterocycles. The first-order valence-electron chi connectivity index (χ1n) is 5.46. The quantitative estimate of drug-likeness (QED) is 0.822. The third kappa shape index (κ3) is 3.60. The number of carbonyl (C=O) groups is 2. The van der Waals surface area contributed by atoms with E-state index in [-0.39, 0.29) is 16.5 Å². The van der Waals surface area contributed by atoms with Crippen LogP contribution in [0.2, 0.25) is 5.02 Å². The van der Waals surface area contributed by atoms with Crippen LogP contribution in [0, 0.1) is 0 Å². The first kappa shape index (κ1) is 14.3. The molecule has 0 unspecified atom stereocenters. The molecule has 0 heterocycles. The Kier molecular flexibility index (Phi) is 4.92. The highest BCUT2D eigenvalue weighted by Crippen LogP contribution is 2.23. The molecule has 0 aromatic heterocycles. The number of hydrogen-bond acceptors (Lipinski definition) is 2. The average molecular weight is 268 g/mol. The predicted octanol–water partition coefficient (Wildman–Crippen LogP) is 3.33. The molecule has 1 aromatic carbocycles. The summed E-state index contributed by atoms with van der Waals surface area (Å²) < 4.78 is 0. The van der Waals surface area contributed by atoms with E-state index in [9.17, 15) is 9.59 Å². The summed E-state index contributed by atoms with van der Waals surface area (Å²) in [7, 11) is 0. The van der Waals surface area contributed by atoms with Crippen LogP contribution in [0.25, 0.3) is 0 Å². The van der Waals surface area contributed by atoms with Crippen molar-refractivity contribution < 1.29 is 14.7 Å². The predicted molar refractivity (Wildman–Crippen MR) is 71.1 cm³/mol. The van der Waals surface area contributed by atoms with E-state index in [2.05, 4.69) is 5.32 Å². The standard InChI is InChI=1S/C13H14ClNO3/c1-3-4-8(2)12(16)15-11-6-5-9(13(17)18)7-10(11)14/h4-7H,3H2,1-2H3,(H,15,16)(H,17,18). The number of hydrogen-bond donors (Lipinski definition) is 2. The van der Waals surface area contributed by atoms with E-state index >= 15 is 0 Å². The number of rotatable bonds is 4. The van der Waals surface area contributed by atoms with Crippen molar-refractivity contribution in [2.24, 2.45) is 0 Å². The molecule has 1 rings (SSSR count). The maximum atomic E-state index is 11.7. The van der Waals surface area contributed by atoms with E-state index in [0.717, 1.165) is 6.42 Å². The second-order valence-corrected chi connectivity index (χ2v) is 4.16. The summed E-state index contributed by atoms with van der Waals surface area (Å²) in [5, 5.41) is 11.6. The maximum absolute atomic E-state index is 11.7. The first-order valence-corrected chi connectivity index (χ1v) is 5.84. The normalized spacial score (nSPS) is 11.2. The fourth-order valence-electron chi connectivity index (χ4n) is 1.37. The number of aromatic carboxylic acids is 1. The fraction of sp³-hybridized carbons (Fsp3) is 0.231. The third-order valence-electron chi connectivity index (χ3n) is 2.33. The van der Waals surface area contributed by atoms with Crippen LogP contribution in [0.4, 0.5) is 5.69 Å². The van der Waals surface area contributed by atoms with Gasteiger partial charge in [-0.25, -0.2) is 4.79 Å². The van der Waals surface area contributed by atoms with Gasteiger partial charge in [0.25, 0.3) is 5.91 Å². The Hall–Kier alpha value is -1.81. The molecule has 0 radical (unpaired) electrons. The van der Waals surface area contributed by atoms with E-state index < -0.39 is 5.97 Å². The molecule has 96 valence electrons. The summed E-state index contributed by atoms with van der Waals surface area (Å²) in [6.45, 7) is 3.64. The van der Waals surface area contributed by atoms with Crippen LogP contribution in [-0.4, -0.2) is 17.0 Å². The molecule has 0 spiro atoms. The first-order chi connectivity index (χ1) is 8.45. The molecule has 2 N–H and O–H groups in total. The van der Waals surface area contributed by atoms with Gasteiger partial charge in [-0.05, 0) is 31.5 Å². The summed E-state index contributed by atoms with van der Waals surface area (Å²) in [4.78, 5) is 22.4. The molecule has 0 aliphatic carbocycles. The summed E-state index contributed by atoms with van der Waals surface area (Å²) in [5.74, 6) is -1.31. The lowest BCUT2D eigenvalue weighted by molar-refractivity contribution is -0.112. The van der Waals surface area contributed by atoms with Gasteiger partial charge in [-0.15, -0.1) is 0 Å². The molecule has 1 amide bonds.